The highest BCUT2D eigenvalue weighted by Crippen LogP contribution is 2.20. The Labute approximate surface area is 120 Å². The van der Waals surface area contributed by atoms with Gasteiger partial charge in [0.25, 0.3) is 0 Å². The minimum Gasteiger partial charge on any atom is -0.384 e. The number of nitrogens with zero attached hydrogens (tertiary/aromatic N) is 1. The van der Waals surface area contributed by atoms with Crippen LogP contribution in [-0.4, -0.2) is 39.7 Å². The molecule has 0 bridgehead atoms. The first-order valence-corrected chi connectivity index (χ1v) is 8.37. The molecule has 0 amide bonds. The number of nitrogens with one attached hydrogen (secondary N) is 2. The van der Waals surface area contributed by atoms with Crippen molar-refractivity contribution in [2.75, 3.05) is 31.6 Å². The first-order valence-electron chi connectivity index (χ1n) is 6.88. The highest BCUT2D eigenvalue weighted by molar-refractivity contribution is 7.89. The Balaban J connectivity index is 2.05. The molecule has 1 aliphatic rings. The molecule has 1 saturated heterocycles. The Bertz CT molecular complexity index is 527. The summed E-state index contributed by atoms with van der Waals surface area (Å²) in [5.74, 6) is 0.248. The average Bonchev–Trinajstić information content (AvgIpc) is 2.47. The summed E-state index contributed by atoms with van der Waals surface area (Å²) in [6.45, 7) is 4.38. The van der Waals surface area contributed by atoms with E-state index >= 15 is 0 Å². The zero-order chi connectivity index (χ0) is 14.4. The monoisotopic (exact) mass is 299 g/mol. The van der Waals surface area contributed by atoms with Crippen LogP contribution in [0.3, 0.4) is 0 Å². The van der Waals surface area contributed by atoms with Gasteiger partial charge in [0.15, 0.2) is 0 Å². The lowest BCUT2D eigenvalue weighted by Gasteiger charge is -2.22. The van der Waals surface area contributed by atoms with Crippen LogP contribution in [0.25, 0.3) is 0 Å². The fourth-order valence-corrected chi connectivity index (χ4v) is 3.44. The van der Waals surface area contributed by atoms with Crippen LogP contribution in [0.1, 0.15) is 19.8 Å². The molecule has 2 rings (SSSR count). The van der Waals surface area contributed by atoms with Crippen LogP contribution in [0.2, 0.25) is 0 Å². The number of anilines is 1. The zero-order valence-corrected chi connectivity index (χ0v) is 12.4. The van der Waals surface area contributed by atoms with E-state index in [1.54, 1.807) is 12.3 Å². The number of pyridine rings is 1. The number of rotatable bonds is 6. The van der Waals surface area contributed by atoms with Gasteiger partial charge in [0.2, 0.25) is 10.0 Å². The van der Waals surface area contributed by atoms with Gasteiger partial charge >= 0.3 is 0 Å². The van der Waals surface area contributed by atoms with Crippen LogP contribution >= 0.6 is 0 Å². The van der Waals surface area contributed by atoms with Crippen molar-refractivity contribution in [2.24, 2.45) is 5.92 Å². The van der Waals surface area contributed by atoms with Gasteiger partial charge in [-0.3, -0.25) is 4.98 Å². The highest BCUT2D eigenvalue weighted by atomic mass is 32.2. The smallest absolute Gasteiger partial charge is 0.244 e. The Morgan fingerprint density at radius 2 is 2.35 bits per heavy atom. The number of sulfonamides is 1. The van der Waals surface area contributed by atoms with Gasteiger partial charge < -0.3 is 10.1 Å². The van der Waals surface area contributed by atoms with Gasteiger partial charge in [-0.15, -0.1) is 0 Å². The molecule has 0 radical (unpaired) electrons. The molecule has 2 N–H and O–H groups in total. The lowest BCUT2D eigenvalue weighted by Crippen LogP contribution is -2.33. The molecule has 1 atom stereocenters. The van der Waals surface area contributed by atoms with Gasteiger partial charge in [0.05, 0.1) is 12.3 Å². The lowest BCUT2D eigenvalue weighted by molar-refractivity contribution is 0.0568. The summed E-state index contributed by atoms with van der Waals surface area (Å²) >= 11 is 0. The van der Waals surface area contributed by atoms with Gasteiger partial charge in [-0.25, -0.2) is 13.1 Å². The molecular weight excluding hydrogens is 278 g/mol. The van der Waals surface area contributed by atoms with E-state index in [-0.39, 0.29) is 10.8 Å². The van der Waals surface area contributed by atoms with Crippen molar-refractivity contribution in [1.29, 1.82) is 0 Å². The first-order chi connectivity index (χ1) is 9.63. The minimum atomic E-state index is -3.54. The van der Waals surface area contributed by atoms with Crippen LogP contribution in [0.5, 0.6) is 0 Å². The van der Waals surface area contributed by atoms with E-state index in [1.165, 1.54) is 6.20 Å². The van der Waals surface area contributed by atoms with E-state index in [1.807, 2.05) is 6.92 Å². The van der Waals surface area contributed by atoms with Crippen molar-refractivity contribution in [3.8, 4) is 0 Å². The summed E-state index contributed by atoms with van der Waals surface area (Å²) in [5, 5.41) is 3.04. The van der Waals surface area contributed by atoms with Crippen LogP contribution in [-0.2, 0) is 14.8 Å². The molecule has 1 unspecified atom stereocenters. The Morgan fingerprint density at radius 1 is 1.50 bits per heavy atom. The highest BCUT2D eigenvalue weighted by Gasteiger charge is 2.21. The summed E-state index contributed by atoms with van der Waals surface area (Å²) in [4.78, 5) is 4.10. The van der Waals surface area contributed by atoms with Gasteiger partial charge in [0.1, 0.15) is 4.90 Å². The number of ether oxygens (including phenoxy) is 1. The predicted molar refractivity (Wildman–Crippen MR) is 77.1 cm³/mol. The van der Waals surface area contributed by atoms with Crippen molar-refractivity contribution < 1.29 is 13.2 Å². The molecule has 0 aliphatic carbocycles. The maximum atomic E-state index is 12.3. The molecule has 1 aromatic rings. The normalized spacial score (nSPS) is 19.8. The molecule has 1 aliphatic heterocycles. The van der Waals surface area contributed by atoms with Crippen LogP contribution < -0.4 is 10.0 Å². The maximum absolute atomic E-state index is 12.3. The molecule has 2 heterocycles. The summed E-state index contributed by atoms with van der Waals surface area (Å²) in [5.41, 5.74) is 0.579. The minimum absolute atomic E-state index is 0.193. The van der Waals surface area contributed by atoms with E-state index < -0.39 is 10.0 Å². The second-order valence-electron chi connectivity index (χ2n) is 4.84. The topological polar surface area (TPSA) is 80.3 Å². The molecule has 6 nitrogen and oxygen atoms in total. The second kappa shape index (κ2) is 7.01. The summed E-state index contributed by atoms with van der Waals surface area (Å²) < 4.78 is 32.7. The third-order valence-electron chi connectivity index (χ3n) is 3.26. The number of hydrogen-bond donors (Lipinski definition) is 2. The van der Waals surface area contributed by atoms with Gasteiger partial charge in [0, 0.05) is 32.1 Å². The third kappa shape index (κ3) is 3.91. The largest absolute Gasteiger partial charge is 0.384 e. The van der Waals surface area contributed by atoms with Crippen molar-refractivity contribution in [3.63, 3.8) is 0 Å². The molecular formula is C13H21N3O3S. The lowest BCUT2D eigenvalue weighted by atomic mass is 10.0. The molecule has 1 fully saturated rings. The van der Waals surface area contributed by atoms with Crippen LogP contribution in [0.4, 0.5) is 5.69 Å². The molecule has 0 saturated carbocycles. The Morgan fingerprint density at radius 3 is 3.05 bits per heavy atom. The van der Waals surface area contributed by atoms with Crippen molar-refractivity contribution in [3.05, 3.63) is 18.5 Å². The van der Waals surface area contributed by atoms with Gasteiger partial charge in [-0.2, -0.15) is 0 Å². The zero-order valence-electron chi connectivity index (χ0n) is 11.6. The molecule has 20 heavy (non-hydrogen) atoms. The standard InChI is InChI=1S/C13H21N3O3S/c1-2-15-12-5-6-14-9-13(12)20(17,18)16-8-11-4-3-7-19-10-11/h5-6,9,11,16H,2-4,7-8,10H2,1H3,(H,14,15). The van der Waals surface area contributed by atoms with Crippen molar-refractivity contribution in [1.82, 2.24) is 9.71 Å². The molecule has 1 aromatic heterocycles. The fraction of sp³-hybridized carbons (Fsp3) is 0.615. The Kier molecular flexibility index (Phi) is 5.33. The second-order valence-corrected chi connectivity index (χ2v) is 6.57. The van der Waals surface area contributed by atoms with E-state index in [4.69, 9.17) is 4.74 Å². The Hall–Kier alpha value is -1.18. The van der Waals surface area contributed by atoms with Gasteiger partial charge in [-0.1, -0.05) is 0 Å². The fourth-order valence-electron chi connectivity index (χ4n) is 2.20. The van der Waals surface area contributed by atoms with Gasteiger partial charge in [-0.05, 0) is 31.7 Å². The SMILES string of the molecule is CCNc1ccncc1S(=O)(=O)NCC1CCCOC1. The molecule has 0 aromatic carbocycles. The average molecular weight is 299 g/mol. The summed E-state index contributed by atoms with van der Waals surface area (Å²) in [7, 11) is -3.54. The summed E-state index contributed by atoms with van der Waals surface area (Å²) in [6.07, 6.45) is 4.93. The van der Waals surface area contributed by atoms with E-state index in [2.05, 4.69) is 15.0 Å². The van der Waals surface area contributed by atoms with Crippen LogP contribution in [0.15, 0.2) is 23.4 Å². The number of aromatic nitrogens is 1. The van der Waals surface area contributed by atoms with Crippen molar-refractivity contribution in [2.45, 2.75) is 24.7 Å². The third-order valence-corrected chi connectivity index (χ3v) is 4.71. The summed E-state index contributed by atoms with van der Waals surface area (Å²) in [6, 6.07) is 1.67. The molecule has 7 heteroatoms. The molecule has 0 spiro atoms. The quantitative estimate of drug-likeness (QED) is 0.825. The van der Waals surface area contributed by atoms with Crippen molar-refractivity contribution >= 4 is 15.7 Å². The van der Waals surface area contributed by atoms with E-state index in [0.717, 1.165) is 19.4 Å². The maximum Gasteiger partial charge on any atom is 0.244 e. The number of hydrogen-bond acceptors (Lipinski definition) is 5. The van der Waals surface area contributed by atoms with E-state index in [9.17, 15) is 8.42 Å². The van der Waals surface area contributed by atoms with Crippen LogP contribution in [0, 0.1) is 5.92 Å². The van der Waals surface area contributed by atoms with E-state index in [0.29, 0.717) is 25.4 Å². The molecule has 112 valence electrons. The predicted octanol–water partition coefficient (Wildman–Crippen LogP) is 1.22. The first kappa shape index (κ1) is 15.2.